The second-order valence-electron chi connectivity index (χ2n) is 8.92. The third-order valence-corrected chi connectivity index (χ3v) is 4.88. The molecule has 162 valence electrons. The van der Waals surface area contributed by atoms with Gasteiger partial charge < -0.3 is 10.6 Å². The van der Waals surface area contributed by atoms with E-state index >= 15 is 0 Å². The highest BCUT2D eigenvalue weighted by Crippen LogP contribution is 2.24. The zero-order chi connectivity index (χ0) is 22.6. The molecule has 0 aliphatic rings. The van der Waals surface area contributed by atoms with Crippen molar-refractivity contribution in [2.24, 2.45) is 0 Å². The minimum absolute atomic E-state index is 0.118. The fourth-order valence-corrected chi connectivity index (χ4v) is 3.32. The molecule has 0 aliphatic carbocycles. The second kappa shape index (κ2) is 9.16. The minimum atomic E-state index is -0.299. The van der Waals surface area contributed by atoms with Gasteiger partial charge in [-0.3, -0.25) is 9.59 Å². The molecule has 6 nitrogen and oxygen atoms in total. The van der Waals surface area contributed by atoms with Gasteiger partial charge in [0.05, 0.1) is 18.8 Å². The first-order valence-corrected chi connectivity index (χ1v) is 10.4. The number of hydrogen-bond acceptors (Lipinski definition) is 3. The summed E-state index contributed by atoms with van der Waals surface area (Å²) in [5.74, 6) is 0.0435. The van der Waals surface area contributed by atoms with E-state index in [9.17, 15) is 9.59 Å². The standard InChI is InChI=1S/C25H30N4O2/c1-17-11-18(2)13-20(12-17)24(31)26-15-23(30)27-22-14-21(25(3,4)5)28-29(22)16-19-9-7-6-8-10-19/h6-14H,15-16H2,1-5H3,(H,26,31)(H,27,30). The molecule has 6 heteroatoms. The quantitative estimate of drug-likeness (QED) is 0.629. The van der Waals surface area contributed by atoms with Crippen molar-refractivity contribution in [3.05, 3.63) is 82.5 Å². The molecule has 2 N–H and O–H groups in total. The summed E-state index contributed by atoms with van der Waals surface area (Å²) in [6.07, 6.45) is 0. The van der Waals surface area contributed by atoms with Crippen molar-refractivity contribution in [3.8, 4) is 0 Å². The van der Waals surface area contributed by atoms with Crippen LogP contribution in [0.3, 0.4) is 0 Å². The molecule has 1 heterocycles. The molecule has 0 aliphatic heterocycles. The van der Waals surface area contributed by atoms with Gasteiger partial charge in [-0.15, -0.1) is 0 Å². The van der Waals surface area contributed by atoms with Gasteiger partial charge in [-0.25, -0.2) is 4.68 Å². The molecule has 0 unspecified atom stereocenters. The van der Waals surface area contributed by atoms with E-state index in [1.807, 2.05) is 68.4 Å². The number of carbonyl (C=O) groups is 2. The van der Waals surface area contributed by atoms with Gasteiger partial charge in [-0.2, -0.15) is 5.10 Å². The lowest BCUT2D eigenvalue weighted by molar-refractivity contribution is -0.115. The van der Waals surface area contributed by atoms with Crippen LogP contribution in [0.4, 0.5) is 5.82 Å². The molecule has 1 aromatic heterocycles. The Morgan fingerprint density at radius 1 is 0.968 bits per heavy atom. The largest absolute Gasteiger partial charge is 0.343 e. The first-order chi connectivity index (χ1) is 14.6. The maximum Gasteiger partial charge on any atom is 0.251 e. The zero-order valence-electron chi connectivity index (χ0n) is 18.8. The van der Waals surface area contributed by atoms with Crippen LogP contribution in [0.25, 0.3) is 0 Å². The molecular weight excluding hydrogens is 388 g/mol. The van der Waals surface area contributed by atoms with Crippen LogP contribution in [0.5, 0.6) is 0 Å². The summed E-state index contributed by atoms with van der Waals surface area (Å²) < 4.78 is 1.79. The Morgan fingerprint density at radius 2 is 1.61 bits per heavy atom. The number of aromatic nitrogens is 2. The van der Waals surface area contributed by atoms with E-state index < -0.39 is 0 Å². The van der Waals surface area contributed by atoms with Crippen LogP contribution in [0.1, 0.15) is 53.5 Å². The van der Waals surface area contributed by atoms with Crippen molar-refractivity contribution >= 4 is 17.6 Å². The lowest BCUT2D eigenvalue weighted by atomic mass is 9.92. The third kappa shape index (κ3) is 6.04. The van der Waals surface area contributed by atoms with Crippen LogP contribution < -0.4 is 10.6 Å². The predicted molar refractivity (Wildman–Crippen MR) is 123 cm³/mol. The number of carbonyl (C=O) groups excluding carboxylic acids is 2. The Balaban J connectivity index is 1.70. The van der Waals surface area contributed by atoms with E-state index in [-0.39, 0.29) is 23.8 Å². The number of benzene rings is 2. The highest BCUT2D eigenvalue weighted by Gasteiger charge is 2.21. The topological polar surface area (TPSA) is 76.0 Å². The molecule has 0 spiro atoms. The van der Waals surface area contributed by atoms with Crippen LogP contribution in [0.2, 0.25) is 0 Å². The van der Waals surface area contributed by atoms with E-state index in [0.29, 0.717) is 17.9 Å². The van der Waals surface area contributed by atoms with Crippen LogP contribution in [-0.2, 0) is 16.8 Å². The fraction of sp³-hybridized carbons (Fsp3) is 0.320. The fourth-order valence-electron chi connectivity index (χ4n) is 3.32. The van der Waals surface area contributed by atoms with Crippen LogP contribution >= 0.6 is 0 Å². The number of amides is 2. The normalized spacial score (nSPS) is 11.3. The number of rotatable bonds is 6. The maximum atomic E-state index is 12.6. The van der Waals surface area contributed by atoms with Crippen molar-refractivity contribution in [3.63, 3.8) is 0 Å². The number of nitrogens with zero attached hydrogens (tertiary/aromatic N) is 2. The lowest BCUT2D eigenvalue weighted by Gasteiger charge is -2.14. The third-order valence-electron chi connectivity index (χ3n) is 4.88. The van der Waals surface area contributed by atoms with Crippen molar-refractivity contribution in [1.82, 2.24) is 15.1 Å². The van der Waals surface area contributed by atoms with Gasteiger partial charge in [-0.05, 0) is 31.5 Å². The molecule has 3 rings (SSSR count). The van der Waals surface area contributed by atoms with Crippen molar-refractivity contribution in [1.29, 1.82) is 0 Å². The van der Waals surface area contributed by atoms with Crippen LogP contribution in [-0.4, -0.2) is 28.1 Å². The van der Waals surface area contributed by atoms with Crippen LogP contribution in [0, 0.1) is 13.8 Å². The maximum absolute atomic E-state index is 12.6. The summed E-state index contributed by atoms with van der Waals surface area (Å²) in [7, 11) is 0. The van der Waals surface area contributed by atoms with E-state index in [2.05, 4.69) is 31.4 Å². The first kappa shape index (κ1) is 22.3. The number of hydrogen-bond donors (Lipinski definition) is 2. The number of nitrogens with one attached hydrogen (secondary N) is 2. The average Bonchev–Trinajstić information content (AvgIpc) is 3.09. The number of anilines is 1. The Kier molecular flexibility index (Phi) is 6.59. The Bertz CT molecular complexity index is 1060. The second-order valence-corrected chi connectivity index (χ2v) is 8.92. The molecule has 0 atom stereocenters. The summed E-state index contributed by atoms with van der Waals surface area (Å²) in [4.78, 5) is 25.0. The summed E-state index contributed by atoms with van der Waals surface area (Å²) in [5.41, 5.74) is 4.39. The molecule has 0 saturated carbocycles. The van der Waals surface area contributed by atoms with Crippen molar-refractivity contribution in [2.45, 2.75) is 46.6 Å². The van der Waals surface area contributed by atoms with Gasteiger partial charge in [0.25, 0.3) is 5.91 Å². The monoisotopic (exact) mass is 418 g/mol. The zero-order valence-corrected chi connectivity index (χ0v) is 18.8. The molecule has 2 aromatic carbocycles. The molecule has 0 bridgehead atoms. The van der Waals surface area contributed by atoms with E-state index in [0.717, 1.165) is 22.4 Å². The molecule has 0 saturated heterocycles. The van der Waals surface area contributed by atoms with E-state index in [1.54, 1.807) is 4.68 Å². The van der Waals surface area contributed by atoms with Crippen molar-refractivity contribution < 1.29 is 9.59 Å². The minimum Gasteiger partial charge on any atom is -0.343 e. The summed E-state index contributed by atoms with van der Waals surface area (Å²) in [6, 6.07) is 17.5. The molecule has 0 fully saturated rings. The Morgan fingerprint density at radius 3 is 2.23 bits per heavy atom. The highest BCUT2D eigenvalue weighted by molar-refractivity contribution is 5.99. The highest BCUT2D eigenvalue weighted by atomic mass is 16.2. The Labute approximate surface area is 183 Å². The van der Waals surface area contributed by atoms with Gasteiger partial charge in [0.1, 0.15) is 5.82 Å². The van der Waals surface area contributed by atoms with Gasteiger partial charge in [0, 0.05) is 17.0 Å². The molecule has 3 aromatic rings. The smallest absolute Gasteiger partial charge is 0.251 e. The molecule has 31 heavy (non-hydrogen) atoms. The van der Waals surface area contributed by atoms with Gasteiger partial charge in [-0.1, -0.05) is 68.3 Å². The van der Waals surface area contributed by atoms with Gasteiger partial charge in [0.2, 0.25) is 5.91 Å². The SMILES string of the molecule is Cc1cc(C)cc(C(=O)NCC(=O)Nc2cc(C(C)(C)C)nn2Cc2ccccc2)c1. The molecule has 0 radical (unpaired) electrons. The summed E-state index contributed by atoms with van der Waals surface area (Å²) in [6.45, 7) is 10.6. The van der Waals surface area contributed by atoms with Crippen molar-refractivity contribution in [2.75, 3.05) is 11.9 Å². The summed E-state index contributed by atoms with van der Waals surface area (Å²) >= 11 is 0. The van der Waals surface area contributed by atoms with E-state index in [1.165, 1.54) is 0 Å². The number of aryl methyl sites for hydroxylation is 2. The average molecular weight is 419 g/mol. The molecular formula is C25H30N4O2. The predicted octanol–water partition coefficient (Wildman–Crippen LogP) is 4.21. The van der Waals surface area contributed by atoms with Gasteiger partial charge in [0.15, 0.2) is 0 Å². The van der Waals surface area contributed by atoms with Gasteiger partial charge >= 0.3 is 0 Å². The first-order valence-electron chi connectivity index (χ1n) is 10.4. The van der Waals surface area contributed by atoms with E-state index in [4.69, 9.17) is 5.10 Å². The summed E-state index contributed by atoms with van der Waals surface area (Å²) in [5, 5.41) is 10.3. The Hall–Kier alpha value is -3.41. The lowest BCUT2D eigenvalue weighted by Crippen LogP contribution is -2.33. The molecule has 2 amide bonds. The van der Waals surface area contributed by atoms with Crippen LogP contribution in [0.15, 0.2) is 54.6 Å².